The summed E-state index contributed by atoms with van der Waals surface area (Å²) in [6.07, 6.45) is 2.17. The molecule has 0 bridgehead atoms. The van der Waals surface area contributed by atoms with Crippen molar-refractivity contribution in [2.24, 2.45) is 5.92 Å². The zero-order valence-electron chi connectivity index (χ0n) is 12.8. The predicted octanol–water partition coefficient (Wildman–Crippen LogP) is 5.48. The Balaban J connectivity index is 2.66. The van der Waals surface area contributed by atoms with E-state index in [2.05, 4.69) is 76.9 Å². The van der Waals surface area contributed by atoms with Gasteiger partial charge in [-0.3, -0.25) is 0 Å². The van der Waals surface area contributed by atoms with Gasteiger partial charge in [-0.25, -0.2) is 0 Å². The van der Waals surface area contributed by atoms with Gasteiger partial charge in [0.05, 0.1) is 0 Å². The van der Waals surface area contributed by atoms with Gasteiger partial charge in [0.15, 0.2) is 0 Å². The van der Waals surface area contributed by atoms with E-state index in [1.54, 1.807) is 0 Å². The second-order valence-corrected chi connectivity index (χ2v) is 7.03. The van der Waals surface area contributed by atoms with E-state index in [1.807, 2.05) is 0 Å². The summed E-state index contributed by atoms with van der Waals surface area (Å²) in [5.74, 6) is 0.712. The van der Waals surface area contributed by atoms with Gasteiger partial charge in [-0.15, -0.1) is 0 Å². The van der Waals surface area contributed by atoms with Gasteiger partial charge >= 0.3 is 0 Å². The van der Waals surface area contributed by atoms with Gasteiger partial charge in [0.2, 0.25) is 0 Å². The minimum Gasteiger partial charge on any atom is -0.381 e. The topological polar surface area (TPSA) is 9.23 Å². The molecule has 0 spiro atoms. The molecule has 20 heavy (non-hydrogen) atoms. The van der Waals surface area contributed by atoms with E-state index in [1.165, 1.54) is 11.1 Å². The van der Waals surface area contributed by atoms with Gasteiger partial charge in [0.25, 0.3) is 0 Å². The molecular weight excluding hydrogens is 380 g/mol. The summed E-state index contributed by atoms with van der Waals surface area (Å²) in [5.41, 5.74) is 2.89. The molecule has 0 unspecified atom stereocenters. The van der Waals surface area contributed by atoms with Crippen LogP contribution in [0.3, 0.4) is 0 Å². The highest BCUT2D eigenvalue weighted by molar-refractivity contribution is 9.09. The van der Waals surface area contributed by atoms with E-state index in [0.717, 1.165) is 36.7 Å². The van der Waals surface area contributed by atoms with Gasteiger partial charge in [0, 0.05) is 29.3 Å². The highest BCUT2D eigenvalue weighted by atomic mass is 79.9. The summed E-state index contributed by atoms with van der Waals surface area (Å²) in [6.45, 7) is 8.34. The molecule has 0 atom stereocenters. The number of hydrogen-bond acceptors (Lipinski definition) is 1. The lowest BCUT2D eigenvalue weighted by molar-refractivity contribution is 0.110. The fourth-order valence-electron chi connectivity index (χ4n) is 2.30. The molecule has 0 saturated carbocycles. The zero-order chi connectivity index (χ0) is 15.0. The van der Waals surface area contributed by atoms with Crippen LogP contribution in [-0.4, -0.2) is 23.9 Å². The van der Waals surface area contributed by atoms with Gasteiger partial charge < -0.3 is 4.74 Å². The van der Waals surface area contributed by atoms with Crippen molar-refractivity contribution < 1.29 is 4.74 Å². The number of halogens is 2. The predicted molar refractivity (Wildman–Crippen MR) is 95.3 cm³/mol. The number of rotatable bonds is 9. The Morgan fingerprint density at radius 3 is 2.30 bits per heavy atom. The highest BCUT2D eigenvalue weighted by Gasteiger charge is 2.31. The molecule has 3 heteroatoms. The van der Waals surface area contributed by atoms with Gasteiger partial charge in [-0.1, -0.05) is 70.0 Å². The molecule has 0 N–H and O–H groups in total. The Hall–Kier alpha value is 0.140. The van der Waals surface area contributed by atoms with Crippen molar-refractivity contribution in [1.82, 2.24) is 0 Å². The van der Waals surface area contributed by atoms with E-state index in [4.69, 9.17) is 4.74 Å². The van der Waals surface area contributed by atoms with Crippen molar-refractivity contribution >= 4 is 31.9 Å². The third kappa shape index (κ3) is 5.16. The van der Waals surface area contributed by atoms with Crippen molar-refractivity contribution in [2.45, 2.75) is 39.0 Å². The molecule has 0 fully saturated rings. The molecular formula is C17H26Br2O. The molecule has 0 amide bonds. The first-order chi connectivity index (χ1) is 9.55. The molecule has 1 rings (SSSR count). The van der Waals surface area contributed by atoms with E-state index in [-0.39, 0.29) is 5.41 Å². The van der Waals surface area contributed by atoms with Crippen LogP contribution < -0.4 is 0 Å². The van der Waals surface area contributed by atoms with Crippen LogP contribution in [0.2, 0.25) is 0 Å². The molecule has 0 aliphatic heterocycles. The first-order valence-corrected chi connectivity index (χ1v) is 9.56. The molecule has 1 aromatic carbocycles. The van der Waals surface area contributed by atoms with E-state index in [0.29, 0.717) is 5.92 Å². The molecule has 0 saturated heterocycles. The van der Waals surface area contributed by atoms with Crippen LogP contribution in [-0.2, 0) is 10.2 Å². The maximum absolute atomic E-state index is 5.82. The lowest BCUT2D eigenvalue weighted by Gasteiger charge is -2.32. The second kappa shape index (κ2) is 9.22. The van der Waals surface area contributed by atoms with Gasteiger partial charge in [-0.05, 0) is 36.8 Å². The molecule has 0 aliphatic rings. The minimum absolute atomic E-state index is 0.114. The first kappa shape index (κ1) is 18.2. The van der Waals surface area contributed by atoms with Crippen molar-refractivity contribution in [3.05, 3.63) is 35.4 Å². The maximum Gasteiger partial charge on any atom is 0.0475 e. The normalized spacial score (nSPS) is 12.1. The Labute approximate surface area is 140 Å². The lowest BCUT2D eigenvalue weighted by atomic mass is 9.79. The van der Waals surface area contributed by atoms with Crippen LogP contribution in [0.4, 0.5) is 0 Å². The van der Waals surface area contributed by atoms with Gasteiger partial charge in [0.1, 0.15) is 0 Å². The summed E-state index contributed by atoms with van der Waals surface area (Å²) in [7, 11) is 0. The minimum atomic E-state index is 0.114. The lowest BCUT2D eigenvalue weighted by Crippen LogP contribution is -2.32. The van der Waals surface area contributed by atoms with E-state index < -0.39 is 0 Å². The van der Waals surface area contributed by atoms with Crippen molar-refractivity contribution in [1.29, 1.82) is 0 Å². The van der Waals surface area contributed by atoms with Crippen LogP contribution in [0.15, 0.2) is 24.3 Å². The summed E-state index contributed by atoms with van der Waals surface area (Å²) >= 11 is 7.42. The van der Waals surface area contributed by atoms with Crippen molar-refractivity contribution in [3.8, 4) is 0 Å². The number of benzene rings is 1. The summed E-state index contributed by atoms with van der Waals surface area (Å²) in [4.78, 5) is 0. The van der Waals surface area contributed by atoms with E-state index >= 15 is 0 Å². The average molecular weight is 406 g/mol. The van der Waals surface area contributed by atoms with Crippen LogP contribution in [0.5, 0.6) is 0 Å². The highest BCUT2D eigenvalue weighted by Crippen LogP contribution is 2.34. The van der Waals surface area contributed by atoms with Crippen LogP contribution in [0.25, 0.3) is 0 Å². The quantitative estimate of drug-likeness (QED) is 0.390. The zero-order valence-corrected chi connectivity index (χ0v) is 16.0. The fraction of sp³-hybridized carbons (Fsp3) is 0.647. The maximum atomic E-state index is 5.82. The molecule has 0 aromatic heterocycles. The number of alkyl halides is 2. The van der Waals surface area contributed by atoms with Crippen LogP contribution in [0.1, 0.15) is 37.8 Å². The number of ether oxygens (including phenoxy) is 1. The fourth-order valence-corrected chi connectivity index (χ4v) is 4.40. The third-order valence-corrected chi connectivity index (χ3v) is 5.94. The molecule has 114 valence electrons. The van der Waals surface area contributed by atoms with Crippen LogP contribution in [0, 0.1) is 12.8 Å². The van der Waals surface area contributed by atoms with E-state index in [9.17, 15) is 0 Å². The Morgan fingerprint density at radius 1 is 1.10 bits per heavy atom. The summed E-state index contributed by atoms with van der Waals surface area (Å²) < 4.78 is 5.82. The third-order valence-electron chi connectivity index (χ3n) is 3.79. The SMILES string of the molecule is Cc1ccccc1C(CBr)(CBr)CCOCCC(C)C. The number of aryl methyl sites for hydroxylation is 1. The second-order valence-electron chi connectivity index (χ2n) is 5.91. The Morgan fingerprint density at radius 2 is 1.75 bits per heavy atom. The molecule has 0 heterocycles. The molecule has 1 nitrogen and oxygen atoms in total. The molecule has 1 aromatic rings. The molecule has 0 aliphatic carbocycles. The average Bonchev–Trinajstić information content (AvgIpc) is 2.44. The Bertz CT molecular complexity index is 386. The van der Waals surface area contributed by atoms with Crippen LogP contribution >= 0.6 is 31.9 Å². The van der Waals surface area contributed by atoms with Gasteiger partial charge in [-0.2, -0.15) is 0 Å². The number of hydrogen-bond donors (Lipinski definition) is 0. The summed E-state index contributed by atoms with van der Waals surface area (Å²) in [6, 6.07) is 8.66. The van der Waals surface area contributed by atoms with Crippen molar-refractivity contribution in [2.75, 3.05) is 23.9 Å². The smallest absolute Gasteiger partial charge is 0.0475 e. The molecule has 0 radical (unpaired) electrons. The standard InChI is InChI=1S/C17H26Br2O/c1-14(2)8-10-20-11-9-17(12-18,13-19)16-7-5-4-6-15(16)3/h4-7,14H,8-13H2,1-3H3. The monoisotopic (exact) mass is 404 g/mol. The van der Waals surface area contributed by atoms with Crippen molar-refractivity contribution in [3.63, 3.8) is 0 Å². The first-order valence-electron chi connectivity index (χ1n) is 7.31. The largest absolute Gasteiger partial charge is 0.381 e. The summed E-state index contributed by atoms with van der Waals surface area (Å²) in [5, 5.41) is 1.90. The Kier molecular flexibility index (Phi) is 8.38.